The van der Waals surface area contributed by atoms with E-state index in [1.165, 1.54) is 24.8 Å². The summed E-state index contributed by atoms with van der Waals surface area (Å²) in [6.07, 6.45) is 6.02. The highest BCUT2D eigenvalue weighted by molar-refractivity contribution is 5.74. The Morgan fingerprint density at radius 3 is 2.60 bits per heavy atom. The molecular formula is C20H28N4O. The minimum Gasteiger partial charge on any atom is -0.335 e. The van der Waals surface area contributed by atoms with Crippen LogP contribution in [0.3, 0.4) is 0 Å². The number of urea groups is 1. The summed E-state index contributed by atoms with van der Waals surface area (Å²) in [7, 11) is 0. The van der Waals surface area contributed by atoms with Gasteiger partial charge in [-0.05, 0) is 37.5 Å². The Morgan fingerprint density at radius 1 is 1.20 bits per heavy atom. The lowest BCUT2D eigenvalue weighted by Gasteiger charge is -2.39. The van der Waals surface area contributed by atoms with Crippen LogP contribution in [0.4, 0.5) is 4.79 Å². The monoisotopic (exact) mass is 340 g/mol. The molecule has 1 aliphatic heterocycles. The first kappa shape index (κ1) is 17.8. The van der Waals surface area contributed by atoms with Crippen molar-refractivity contribution in [1.29, 1.82) is 5.26 Å². The van der Waals surface area contributed by atoms with E-state index in [0.717, 1.165) is 39.0 Å². The number of hydrogen-bond acceptors (Lipinski definition) is 3. The molecule has 0 spiro atoms. The fourth-order valence-corrected chi connectivity index (χ4v) is 3.90. The van der Waals surface area contributed by atoms with E-state index in [1.807, 2.05) is 23.1 Å². The standard InChI is InChI=1S/C20H28N4O/c1-16(18-7-5-6-17(14-18)15-21)23-10-12-24(13-11-23)20(25)22-19-8-3-2-4-9-19/h5-7,14,16,19H,2-4,8-13H2,1H3,(H,22,25). The van der Waals surface area contributed by atoms with Crippen molar-refractivity contribution in [2.24, 2.45) is 0 Å². The summed E-state index contributed by atoms with van der Waals surface area (Å²) in [5.41, 5.74) is 1.87. The predicted octanol–water partition coefficient (Wildman–Crippen LogP) is 3.28. The molecular weight excluding hydrogens is 312 g/mol. The Morgan fingerprint density at radius 2 is 1.92 bits per heavy atom. The number of rotatable bonds is 3. The molecule has 5 nitrogen and oxygen atoms in total. The van der Waals surface area contributed by atoms with Gasteiger partial charge in [-0.15, -0.1) is 0 Å². The zero-order chi connectivity index (χ0) is 17.6. The van der Waals surface area contributed by atoms with Gasteiger partial charge in [0.05, 0.1) is 11.6 Å². The van der Waals surface area contributed by atoms with E-state index in [2.05, 4.69) is 29.3 Å². The van der Waals surface area contributed by atoms with E-state index in [-0.39, 0.29) is 12.1 Å². The number of amides is 2. The molecule has 1 atom stereocenters. The summed E-state index contributed by atoms with van der Waals surface area (Å²) in [6.45, 7) is 5.45. The van der Waals surface area contributed by atoms with E-state index in [0.29, 0.717) is 11.6 Å². The lowest BCUT2D eigenvalue weighted by Crippen LogP contribution is -2.53. The zero-order valence-electron chi connectivity index (χ0n) is 15.1. The molecule has 1 aliphatic carbocycles. The van der Waals surface area contributed by atoms with Crippen molar-refractivity contribution in [3.63, 3.8) is 0 Å². The van der Waals surface area contributed by atoms with Gasteiger partial charge in [0.25, 0.3) is 0 Å². The van der Waals surface area contributed by atoms with Crippen LogP contribution in [-0.4, -0.2) is 48.1 Å². The molecule has 25 heavy (non-hydrogen) atoms. The molecule has 1 aromatic rings. The molecule has 0 bridgehead atoms. The minimum absolute atomic E-state index is 0.102. The number of nitrogens with zero attached hydrogens (tertiary/aromatic N) is 3. The van der Waals surface area contributed by atoms with E-state index in [4.69, 9.17) is 5.26 Å². The van der Waals surface area contributed by atoms with Crippen molar-refractivity contribution in [2.45, 2.75) is 51.1 Å². The topological polar surface area (TPSA) is 59.4 Å². The smallest absolute Gasteiger partial charge is 0.317 e. The Hall–Kier alpha value is -2.06. The van der Waals surface area contributed by atoms with Crippen LogP contribution in [0.2, 0.25) is 0 Å². The molecule has 1 saturated carbocycles. The van der Waals surface area contributed by atoms with Crippen LogP contribution in [0, 0.1) is 11.3 Å². The third-order valence-corrected chi connectivity index (χ3v) is 5.58. The largest absolute Gasteiger partial charge is 0.335 e. The van der Waals surface area contributed by atoms with E-state index in [9.17, 15) is 4.79 Å². The van der Waals surface area contributed by atoms with Crippen LogP contribution in [0.15, 0.2) is 24.3 Å². The highest BCUT2D eigenvalue weighted by atomic mass is 16.2. The summed E-state index contributed by atoms with van der Waals surface area (Å²) in [5.74, 6) is 0. The van der Waals surface area contributed by atoms with Crippen LogP contribution in [0.5, 0.6) is 0 Å². The van der Waals surface area contributed by atoms with Crippen LogP contribution < -0.4 is 5.32 Å². The average Bonchev–Trinajstić information content (AvgIpc) is 2.68. The number of hydrogen-bond donors (Lipinski definition) is 1. The van der Waals surface area contributed by atoms with Gasteiger partial charge in [0, 0.05) is 38.3 Å². The molecule has 134 valence electrons. The third-order valence-electron chi connectivity index (χ3n) is 5.58. The molecule has 2 amide bonds. The summed E-state index contributed by atoms with van der Waals surface area (Å²) in [6, 6.07) is 10.8. The van der Waals surface area contributed by atoms with Gasteiger partial charge in [0.1, 0.15) is 0 Å². The molecule has 0 aromatic heterocycles. The van der Waals surface area contributed by atoms with Crippen molar-refractivity contribution in [3.8, 4) is 6.07 Å². The molecule has 2 aliphatic rings. The third kappa shape index (κ3) is 4.52. The Kier molecular flexibility index (Phi) is 5.93. The average molecular weight is 340 g/mol. The number of nitrogens with one attached hydrogen (secondary N) is 1. The van der Waals surface area contributed by atoms with E-state index >= 15 is 0 Å². The van der Waals surface area contributed by atoms with Gasteiger partial charge < -0.3 is 10.2 Å². The molecule has 0 radical (unpaired) electrons. The normalized spacial score (nSPS) is 20.7. The SMILES string of the molecule is CC(c1cccc(C#N)c1)N1CCN(C(=O)NC2CCCCC2)CC1. The number of carbonyl (C=O) groups is 1. The molecule has 1 aromatic carbocycles. The summed E-state index contributed by atoms with van der Waals surface area (Å²) < 4.78 is 0. The number of nitriles is 1. The highest BCUT2D eigenvalue weighted by Crippen LogP contribution is 2.23. The van der Waals surface area contributed by atoms with Crippen molar-refractivity contribution in [1.82, 2.24) is 15.1 Å². The summed E-state index contributed by atoms with van der Waals surface area (Å²) >= 11 is 0. The maximum absolute atomic E-state index is 12.5. The number of piperazine rings is 1. The van der Waals surface area contributed by atoms with Crippen molar-refractivity contribution in [3.05, 3.63) is 35.4 Å². The number of benzene rings is 1. The van der Waals surface area contributed by atoms with Crippen LogP contribution in [-0.2, 0) is 0 Å². The van der Waals surface area contributed by atoms with Crippen molar-refractivity contribution < 1.29 is 4.79 Å². The van der Waals surface area contributed by atoms with Crippen molar-refractivity contribution in [2.75, 3.05) is 26.2 Å². The van der Waals surface area contributed by atoms with Crippen molar-refractivity contribution >= 4 is 6.03 Å². The fourth-order valence-electron chi connectivity index (χ4n) is 3.90. The fraction of sp³-hybridized carbons (Fsp3) is 0.600. The lowest BCUT2D eigenvalue weighted by molar-refractivity contribution is 0.111. The molecule has 2 fully saturated rings. The van der Waals surface area contributed by atoms with Gasteiger partial charge >= 0.3 is 6.03 Å². The second-order valence-electron chi connectivity index (χ2n) is 7.22. The second kappa shape index (κ2) is 8.35. The highest BCUT2D eigenvalue weighted by Gasteiger charge is 2.26. The Balaban J connectivity index is 1.50. The van der Waals surface area contributed by atoms with E-state index < -0.39 is 0 Å². The lowest BCUT2D eigenvalue weighted by atomic mass is 9.96. The van der Waals surface area contributed by atoms with E-state index in [1.54, 1.807) is 0 Å². The summed E-state index contributed by atoms with van der Waals surface area (Å²) in [4.78, 5) is 16.8. The second-order valence-corrected chi connectivity index (χ2v) is 7.22. The van der Waals surface area contributed by atoms with Gasteiger partial charge in [-0.3, -0.25) is 4.90 Å². The molecule has 1 saturated heterocycles. The molecule has 1 N–H and O–H groups in total. The van der Waals surface area contributed by atoms with Gasteiger partial charge in [0.2, 0.25) is 0 Å². The maximum Gasteiger partial charge on any atom is 0.317 e. The Labute approximate surface area is 150 Å². The number of carbonyl (C=O) groups excluding carboxylic acids is 1. The first-order valence-electron chi connectivity index (χ1n) is 9.47. The van der Waals surface area contributed by atoms with Gasteiger partial charge in [-0.2, -0.15) is 5.26 Å². The van der Waals surface area contributed by atoms with Crippen LogP contribution in [0.25, 0.3) is 0 Å². The van der Waals surface area contributed by atoms with Gasteiger partial charge in [0.15, 0.2) is 0 Å². The molecule has 1 heterocycles. The van der Waals surface area contributed by atoms with Crippen LogP contribution in [0.1, 0.15) is 56.2 Å². The predicted molar refractivity (Wildman–Crippen MR) is 98.1 cm³/mol. The molecule has 5 heteroatoms. The first-order chi connectivity index (χ1) is 12.2. The van der Waals surface area contributed by atoms with Gasteiger partial charge in [-0.1, -0.05) is 31.4 Å². The first-order valence-corrected chi connectivity index (χ1v) is 9.47. The quantitative estimate of drug-likeness (QED) is 0.918. The minimum atomic E-state index is 0.102. The van der Waals surface area contributed by atoms with Gasteiger partial charge in [-0.25, -0.2) is 4.79 Å². The molecule has 3 rings (SSSR count). The summed E-state index contributed by atoms with van der Waals surface area (Å²) in [5, 5.41) is 12.3. The maximum atomic E-state index is 12.5. The van der Waals surface area contributed by atoms with Crippen LogP contribution >= 0.6 is 0 Å². The zero-order valence-corrected chi connectivity index (χ0v) is 15.1. The Bertz CT molecular complexity index is 625. The molecule has 1 unspecified atom stereocenters.